The van der Waals surface area contributed by atoms with Gasteiger partial charge in [-0.3, -0.25) is 9.58 Å². The third-order valence-corrected chi connectivity index (χ3v) is 8.02. The van der Waals surface area contributed by atoms with E-state index in [-0.39, 0.29) is 30.4 Å². The average molecular weight is 541 g/mol. The normalized spacial score (nSPS) is 23.7. The van der Waals surface area contributed by atoms with Gasteiger partial charge in [-0.25, -0.2) is 9.59 Å². The highest BCUT2D eigenvalue weighted by molar-refractivity contribution is 5.91. The molecule has 0 spiro atoms. The average Bonchev–Trinajstić information content (AvgIpc) is 3.34. The van der Waals surface area contributed by atoms with Crippen LogP contribution in [0.25, 0.3) is 11.1 Å². The number of fused-ring (bicyclic) bond motifs is 1. The van der Waals surface area contributed by atoms with Crippen molar-refractivity contribution in [2.45, 2.75) is 96.1 Å². The molecule has 10 heteroatoms. The summed E-state index contributed by atoms with van der Waals surface area (Å²) in [5.41, 5.74) is 2.94. The maximum Gasteiger partial charge on any atom is 0.412 e. The number of anilines is 1. The van der Waals surface area contributed by atoms with Crippen molar-refractivity contribution in [1.29, 1.82) is 0 Å². The number of carbonyl (C=O) groups excluding carboxylic acids is 1. The van der Waals surface area contributed by atoms with E-state index in [4.69, 9.17) is 19.3 Å². The summed E-state index contributed by atoms with van der Waals surface area (Å²) >= 11 is 0. The second-order valence-electron chi connectivity index (χ2n) is 11.9. The Bertz CT molecular complexity index is 1220. The second-order valence-corrected chi connectivity index (χ2v) is 11.9. The van der Waals surface area contributed by atoms with Gasteiger partial charge in [-0.2, -0.15) is 5.10 Å². The summed E-state index contributed by atoms with van der Waals surface area (Å²) in [6.45, 7) is 8.50. The van der Waals surface area contributed by atoms with Crippen LogP contribution in [0.5, 0.6) is 5.75 Å². The van der Waals surface area contributed by atoms with E-state index in [1.165, 1.54) is 4.90 Å². The first-order valence-corrected chi connectivity index (χ1v) is 14.0. The standard InChI is InChI=1S/C29H40N4O6/c1-18-9-10-22-23(33(18)27(34)35)12-11-21(26(22)38-20-7-6-8-20)19-15-30-32(16-19)24-13-14-31(17-25(24)37-5)28(36)39-29(2,3)4/h11-12,15-16,18,20,24-25H,6-10,13-14,17H2,1-5H3,(H,34,35)/t18-,24?,25?/m0/s1. The molecule has 2 aliphatic heterocycles. The van der Waals surface area contributed by atoms with Crippen LogP contribution < -0.4 is 9.64 Å². The summed E-state index contributed by atoms with van der Waals surface area (Å²) in [6, 6.07) is 3.73. The molecule has 1 saturated heterocycles. The van der Waals surface area contributed by atoms with Gasteiger partial charge in [0.2, 0.25) is 0 Å². The molecular weight excluding hydrogens is 500 g/mol. The molecule has 39 heavy (non-hydrogen) atoms. The Morgan fingerprint density at radius 3 is 2.54 bits per heavy atom. The number of hydrogen-bond acceptors (Lipinski definition) is 6. The van der Waals surface area contributed by atoms with Crippen molar-refractivity contribution in [2.75, 3.05) is 25.1 Å². The number of carboxylic acid groups (broad SMARTS) is 1. The molecule has 3 heterocycles. The first-order chi connectivity index (χ1) is 18.6. The van der Waals surface area contributed by atoms with Crippen molar-refractivity contribution in [3.8, 4) is 16.9 Å². The Labute approximate surface area is 229 Å². The smallest absolute Gasteiger partial charge is 0.412 e. The van der Waals surface area contributed by atoms with Crippen LogP contribution in [0.15, 0.2) is 24.5 Å². The molecule has 1 aromatic carbocycles. The molecular formula is C29H40N4O6. The molecule has 1 N–H and O–H groups in total. The molecule has 212 valence electrons. The van der Waals surface area contributed by atoms with Gasteiger partial charge in [0.1, 0.15) is 11.4 Å². The predicted octanol–water partition coefficient (Wildman–Crippen LogP) is 5.50. The number of benzene rings is 1. The van der Waals surface area contributed by atoms with Gasteiger partial charge in [0.05, 0.1) is 36.7 Å². The first-order valence-electron chi connectivity index (χ1n) is 14.0. The number of amides is 2. The van der Waals surface area contributed by atoms with Gasteiger partial charge in [0.15, 0.2) is 0 Å². The molecule has 2 aromatic rings. The Morgan fingerprint density at radius 2 is 1.90 bits per heavy atom. The van der Waals surface area contributed by atoms with Crippen LogP contribution in [-0.4, -0.2) is 76.0 Å². The Kier molecular flexibility index (Phi) is 7.50. The maximum atomic E-state index is 12.6. The molecule has 5 rings (SSSR count). The van der Waals surface area contributed by atoms with Crippen LogP contribution in [0.1, 0.15) is 71.4 Å². The fourth-order valence-electron chi connectivity index (χ4n) is 5.70. The van der Waals surface area contributed by atoms with Crippen molar-refractivity contribution in [2.24, 2.45) is 0 Å². The zero-order valence-electron chi connectivity index (χ0n) is 23.6. The third kappa shape index (κ3) is 5.57. The van der Waals surface area contributed by atoms with Crippen LogP contribution in [0, 0.1) is 0 Å². The van der Waals surface area contributed by atoms with E-state index >= 15 is 0 Å². The number of likely N-dealkylation sites (tertiary alicyclic amines) is 1. The van der Waals surface area contributed by atoms with E-state index in [1.807, 2.05) is 56.9 Å². The summed E-state index contributed by atoms with van der Waals surface area (Å²) < 4.78 is 19.8. The van der Waals surface area contributed by atoms with Gasteiger partial charge in [-0.05, 0) is 78.4 Å². The topological polar surface area (TPSA) is 106 Å². The molecule has 0 bridgehead atoms. The van der Waals surface area contributed by atoms with Gasteiger partial charge >= 0.3 is 12.2 Å². The van der Waals surface area contributed by atoms with E-state index in [0.29, 0.717) is 25.2 Å². The first kappa shape index (κ1) is 27.3. The molecule has 2 fully saturated rings. The minimum Gasteiger partial charge on any atom is -0.489 e. The predicted molar refractivity (Wildman–Crippen MR) is 146 cm³/mol. The van der Waals surface area contributed by atoms with Gasteiger partial charge in [0.25, 0.3) is 0 Å². The lowest BCUT2D eigenvalue weighted by atomic mass is 9.91. The Morgan fingerprint density at radius 1 is 1.13 bits per heavy atom. The van der Waals surface area contributed by atoms with Crippen LogP contribution in [0.2, 0.25) is 0 Å². The Hall–Kier alpha value is -3.27. The summed E-state index contributed by atoms with van der Waals surface area (Å²) in [5.74, 6) is 0.776. The van der Waals surface area contributed by atoms with Crippen molar-refractivity contribution in [3.05, 3.63) is 30.1 Å². The van der Waals surface area contributed by atoms with E-state index in [2.05, 4.69) is 0 Å². The lowest BCUT2D eigenvalue weighted by Crippen LogP contribution is -2.49. The lowest BCUT2D eigenvalue weighted by Gasteiger charge is -2.38. The maximum absolute atomic E-state index is 12.6. The van der Waals surface area contributed by atoms with Crippen molar-refractivity contribution in [1.82, 2.24) is 14.7 Å². The fourth-order valence-corrected chi connectivity index (χ4v) is 5.70. The molecule has 1 aliphatic carbocycles. The van der Waals surface area contributed by atoms with E-state index in [1.54, 1.807) is 12.0 Å². The van der Waals surface area contributed by atoms with Gasteiger partial charge in [0, 0.05) is 42.6 Å². The molecule has 3 atom stereocenters. The molecule has 0 radical (unpaired) electrons. The molecule has 2 amide bonds. The summed E-state index contributed by atoms with van der Waals surface area (Å²) in [6.07, 6.45) is 7.83. The number of aromatic nitrogens is 2. The monoisotopic (exact) mass is 540 g/mol. The van der Waals surface area contributed by atoms with Gasteiger partial charge in [-0.1, -0.05) is 0 Å². The van der Waals surface area contributed by atoms with E-state index < -0.39 is 11.7 Å². The van der Waals surface area contributed by atoms with Crippen molar-refractivity contribution in [3.63, 3.8) is 0 Å². The van der Waals surface area contributed by atoms with E-state index in [0.717, 1.165) is 54.5 Å². The second kappa shape index (κ2) is 10.7. The number of rotatable bonds is 5. The number of piperidine rings is 1. The van der Waals surface area contributed by atoms with Gasteiger partial charge < -0.3 is 24.2 Å². The molecule has 10 nitrogen and oxygen atoms in total. The number of methoxy groups -OCH3 is 1. The van der Waals surface area contributed by atoms with Crippen LogP contribution in [-0.2, 0) is 15.9 Å². The highest BCUT2D eigenvalue weighted by Gasteiger charge is 2.36. The molecule has 1 saturated carbocycles. The van der Waals surface area contributed by atoms with Gasteiger partial charge in [-0.15, -0.1) is 0 Å². The quantitative estimate of drug-likeness (QED) is 0.534. The molecule has 3 aliphatic rings. The van der Waals surface area contributed by atoms with Crippen molar-refractivity contribution >= 4 is 17.9 Å². The zero-order valence-corrected chi connectivity index (χ0v) is 23.6. The molecule has 2 unspecified atom stereocenters. The van der Waals surface area contributed by atoms with Crippen LogP contribution in [0.3, 0.4) is 0 Å². The van der Waals surface area contributed by atoms with Crippen LogP contribution in [0.4, 0.5) is 15.3 Å². The minimum atomic E-state index is -0.943. The Balaban J connectivity index is 1.42. The summed E-state index contributed by atoms with van der Waals surface area (Å²) in [5, 5.41) is 14.6. The third-order valence-electron chi connectivity index (χ3n) is 8.02. The summed E-state index contributed by atoms with van der Waals surface area (Å²) in [4.78, 5) is 27.9. The lowest BCUT2D eigenvalue weighted by molar-refractivity contribution is -0.0274. The number of carbonyl (C=O) groups is 2. The molecule has 1 aromatic heterocycles. The van der Waals surface area contributed by atoms with Crippen LogP contribution >= 0.6 is 0 Å². The fraction of sp³-hybridized carbons (Fsp3) is 0.621. The SMILES string of the molecule is COC1CN(C(=O)OC(C)(C)C)CCC1n1cc(-c2ccc3c(c2OC2CCC2)CC[C@H](C)N3C(=O)O)cn1. The number of nitrogens with zero attached hydrogens (tertiary/aromatic N) is 4. The summed E-state index contributed by atoms with van der Waals surface area (Å²) in [7, 11) is 1.66. The highest BCUT2D eigenvalue weighted by atomic mass is 16.6. The number of hydrogen-bond donors (Lipinski definition) is 1. The highest BCUT2D eigenvalue weighted by Crippen LogP contribution is 2.45. The number of ether oxygens (including phenoxy) is 3. The largest absolute Gasteiger partial charge is 0.489 e. The zero-order chi connectivity index (χ0) is 27.9. The van der Waals surface area contributed by atoms with E-state index in [9.17, 15) is 14.7 Å². The van der Waals surface area contributed by atoms with Crippen molar-refractivity contribution < 1.29 is 28.9 Å². The minimum absolute atomic E-state index is 0.0422.